The molecule has 0 saturated heterocycles. The summed E-state index contributed by atoms with van der Waals surface area (Å²) < 4.78 is 0. The first-order chi connectivity index (χ1) is 4.22. The molecule has 2 nitrogen and oxygen atoms in total. The Balaban J connectivity index is 3.73. The van der Waals surface area contributed by atoms with Gasteiger partial charge in [0.2, 0.25) is 0 Å². The van der Waals surface area contributed by atoms with Crippen LogP contribution in [0.15, 0.2) is 12.3 Å². The normalized spacial score (nSPS) is 14.0. The molecule has 1 atom stereocenters. The SMILES string of the molecule is CCC(C)C(=O)/C=C/O. The molecular weight excluding hydrogens is 116 g/mol. The number of rotatable bonds is 3. The van der Waals surface area contributed by atoms with Gasteiger partial charge in [-0.3, -0.25) is 4.79 Å². The van der Waals surface area contributed by atoms with Crippen LogP contribution in [0.3, 0.4) is 0 Å². The molecule has 0 amide bonds. The van der Waals surface area contributed by atoms with Crippen molar-refractivity contribution in [3.8, 4) is 0 Å². The van der Waals surface area contributed by atoms with E-state index < -0.39 is 0 Å². The van der Waals surface area contributed by atoms with Gasteiger partial charge in [-0.25, -0.2) is 0 Å². The number of hydrogen-bond donors (Lipinski definition) is 1. The molecule has 0 aliphatic carbocycles. The van der Waals surface area contributed by atoms with E-state index in [0.717, 1.165) is 12.7 Å². The smallest absolute Gasteiger partial charge is 0.161 e. The van der Waals surface area contributed by atoms with Crippen LogP contribution in [0.4, 0.5) is 0 Å². The third kappa shape index (κ3) is 2.90. The lowest BCUT2D eigenvalue weighted by atomic mass is 10.0. The molecule has 0 saturated carbocycles. The van der Waals surface area contributed by atoms with Crippen molar-refractivity contribution >= 4 is 5.78 Å². The zero-order valence-corrected chi connectivity index (χ0v) is 5.79. The highest BCUT2D eigenvalue weighted by Gasteiger charge is 2.04. The van der Waals surface area contributed by atoms with E-state index in [4.69, 9.17) is 5.11 Å². The van der Waals surface area contributed by atoms with Crippen LogP contribution >= 0.6 is 0 Å². The van der Waals surface area contributed by atoms with Gasteiger partial charge in [0.05, 0.1) is 6.26 Å². The molecule has 0 aromatic heterocycles. The number of hydrogen-bond acceptors (Lipinski definition) is 2. The van der Waals surface area contributed by atoms with Crippen molar-refractivity contribution < 1.29 is 9.90 Å². The Hall–Kier alpha value is -0.790. The second kappa shape index (κ2) is 4.13. The lowest BCUT2D eigenvalue weighted by molar-refractivity contribution is -0.117. The Morgan fingerprint density at radius 1 is 1.78 bits per heavy atom. The van der Waals surface area contributed by atoms with E-state index in [1.807, 2.05) is 13.8 Å². The molecule has 52 valence electrons. The highest BCUT2D eigenvalue weighted by Crippen LogP contribution is 2.01. The van der Waals surface area contributed by atoms with Crippen LogP contribution in [-0.2, 0) is 4.79 Å². The first kappa shape index (κ1) is 8.21. The Morgan fingerprint density at radius 3 is 2.67 bits per heavy atom. The Morgan fingerprint density at radius 2 is 2.33 bits per heavy atom. The van der Waals surface area contributed by atoms with Crippen LogP contribution in [0.1, 0.15) is 20.3 Å². The molecule has 0 spiro atoms. The van der Waals surface area contributed by atoms with E-state index >= 15 is 0 Å². The van der Waals surface area contributed by atoms with Crippen molar-refractivity contribution in [2.75, 3.05) is 0 Å². The molecule has 1 N–H and O–H groups in total. The molecule has 0 aliphatic rings. The third-order valence-corrected chi connectivity index (χ3v) is 1.34. The Bertz CT molecular complexity index is 116. The van der Waals surface area contributed by atoms with Gasteiger partial charge >= 0.3 is 0 Å². The zero-order valence-electron chi connectivity index (χ0n) is 5.79. The molecular formula is C7H12O2. The van der Waals surface area contributed by atoms with Gasteiger partial charge in [-0.15, -0.1) is 0 Å². The standard InChI is InChI=1S/C7H12O2/c1-3-6(2)7(9)4-5-8/h4-6,8H,3H2,1-2H3/b5-4+. The van der Waals surface area contributed by atoms with Gasteiger partial charge in [-0.05, 0) is 6.42 Å². The quantitative estimate of drug-likeness (QED) is 0.463. The van der Waals surface area contributed by atoms with Crippen LogP contribution in [0.5, 0.6) is 0 Å². The Kier molecular flexibility index (Phi) is 3.76. The second-order valence-corrected chi connectivity index (χ2v) is 2.03. The van der Waals surface area contributed by atoms with E-state index in [1.54, 1.807) is 0 Å². The van der Waals surface area contributed by atoms with E-state index in [9.17, 15) is 4.79 Å². The van der Waals surface area contributed by atoms with Crippen molar-refractivity contribution in [1.29, 1.82) is 0 Å². The van der Waals surface area contributed by atoms with Crippen molar-refractivity contribution in [3.05, 3.63) is 12.3 Å². The van der Waals surface area contributed by atoms with Gasteiger partial charge < -0.3 is 5.11 Å². The number of allylic oxidation sites excluding steroid dienone is 1. The monoisotopic (exact) mass is 128 g/mol. The summed E-state index contributed by atoms with van der Waals surface area (Å²) in [6.07, 6.45) is 2.80. The summed E-state index contributed by atoms with van der Waals surface area (Å²) in [6, 6.07) is 0. The molecule has 1 unspecified atom stereocenters. The minimum Gasteiger partial charge on any atom is -0.515 e. The van der Waals surface area contributed by atoms with E-state index in [1.165, 1.54) is 6.08 Å². The molecule has 0 bridgehead atoms. The summed E-state index contributed by atoms with van der Waals surface area (Å²) in [7, 11) is 0. The van der Waals surface area contributed by atoms with Crippen LogP contribution in [0, 0.1) is 5.92 Å². The van der Waals surface area contributed by atoms with Crippen molar-refractivity contribution in [2.45, 2.75) is 20.3 Å². The summed E-state index contributed by atoms with van der Waals surface area (Å²) >= 11 is 0. The average Bonchev–Trinajstić information content (AvgIpc) is 1.87. The number of carbonyl (C=O) groups excluding carboxylic acids is 1. The molecule has 0 rings (SSSR count). The van der Waals surface area contributed by atoms with Gasteiger partial charge in [0, 0.05) is 12.0 Å². The predicted molar refractivity (Wildman–Crippen MR) is 36.2 cm³/mol. The lowest BCUT2D eigenvalue weighted by Gasteiger charge is -1.99. The van der Waals surface area contributed by atoms with Crippen molar-refractivity contribution in [2.24, 2.45) is 5.92 Å². The number of ketones is 1. The van der Waals surface area contributed by atoms with E-state index in [-0.39, 0.29) is 11.7 Å². The van der Waals surface area contributed by atoms with Crippen LogP contribution in [0.25, 0.3) is 0 Å². The van der Waals surface area contributed by atoms with E-state index in [2.05, 4.69) is 0 Å². The molecule has 0 fully saturated rings. The summed E-state index contributed by atoms with van der Waals surface area (Å²) in [5.74, 6) is 0.0217. The van der Waals surface area contributed by atoms with Gasteiger partial charge in [0.15, 0.2) is 5.78 Å². The maximum Gasteiger partial charge on any atom is 0.161 e. The van der Waals surface area contributed by atoms with Crippen molar-refractivity contribution in [3.63, 3.8) is 0 Å². The lowest BCUT2D eigenvalue weighted by Crippen LogP contribution is -2.05. The maximum atomic E-state index is 10.7. The van der Waals surface area contributed by atoms with Crippen LogP contribution < -0.4 is 0 Å². The summed E-state index contributed by atoms with van der Waals surface area (Å²) in [5, 5.41) is 8.18. The Labute approximate surface area is 55.2 Å². The molecule has 0 aromatic rings. The zero-order chi connectivity index (χ0) is 7.28. The number of aliphatic hydroxyl groups is 1. The minimum absolute atomic E-state index is 0.0139. The first-order valence-corrected chi connectivity index (χ1v) is 3.07. The largest absolute Gasteiger partial charge is 0.515 e. The fourth-order valence-electron chi connectivity index (χ4n) is 0.439. The minimum atomic E-state index is -0.0139. The van der Waals surface area contributed by atoms with E-state index in [0.29, 0.717) is 0 Å². The van der Waals surface area contributed by atoms with Gasteiger partial charge in [0.1, 0.15) is 0 Å². The van der Waals surface area contributed by atoms with Crippen LogP contribution in [-0.4, -0.2) is 10.9 Å². The third-order valence-electron chi connectivity index (χ3n) is 1.34. The molecule has 2 heteroatoms. The average molecular weight is 128 g/mol. The molecule has 9 heavy (non-hydrogen) atoms. The van der Waals surface area contributed by atoms with Crippen LogP contribution in [0.2, 0.25) is 0 Å². The van der Waals surface area contributed by atoms with Gasteiger partial charge in [-0.2, -0.15) is 0 Å². The summed E-state index contributed by atoms with van der Waals surface area (Å²) in [4.78, 5) is 10.7. The fourth-order valence-corrected chi connectivity index (χ4v) is 0.439. The first-order valence-electron chi connectivity index (χ1n) is 3.07. The molecule has 0 aromatic carbocycles. The predicted octanol–water partition coefficient (Wildman–Crippen LogP) is 1.67. The topological polar surface area (TPSA) is 37.3 Å². The van der Waals surface area contributed by atoms with Gasteiger partial charge in [-0.1, -0.05) is 13.8 Å². The molecule has 0 radical (unpaired) electrons. The highest BCUT2D eigenvalue weighted by atomic mass is 16.2. The maximum absolute atomic E-state index is 10.7. The molecule has 0 heterocycles. The summed E-state index contributed by atoms with van der Waals surface area (Å²) in [5.41, 5.74) is 0. The number of carbonyl (C=O) groups is 1. The second-order valence-electron chi connectivity index (χ2n) is 2.03. The van der Waals surface area contributed by atoms with Gasteiger partial charge in [0.25, 0.3) is 0 Å². The summed E-state index contributed by atoms with van der Waals surface area (Å²) in [6.45, 7) is 3.77. The highest BCUT2D eigenvalue weighted by molar-refractivity contribution is 5.91. The van der Waals surface area contributed by atoms with Crippen molar-refractivity contribution in [1.82, 2.24) is 0 Å². The number of aliphatic hydroxyl groups excluding tert-OH is 1. The molecule has 0 aliphatic heterocycles. The fraction of sp³-hybridized carbons (Fsp3) is 0.571.